The first kappa shape index (κ1) is 17.0. The molecule has 1 aliphatic heterocycles. The van der Waals surface area contributed by atoms with Crippen LogP contribution in [-0.4, -0.2) is 18.5 Å². The first-order valence-corrected chi connectivity index (χ1v) is 8.65. The Morgan fingerprint density at radius 1 is 1.11 bits per heavy atom. The van der Waals surface area contributed by atoms with Crippen LogP contribution in [0.3, 0.4) is 0 Å². The van der Waals surface area contributed by atoms with Gasteiger partial charge in [-0.3, -0.25) is 10.2 Å². The minimum absolute atomic E-state index is 0.170. The number of carbonyl (C=O) groups excluding carboxylic acids is 1. The van der Waals surface area contributed by atoms with E-state index in [1.54, 1.807) is 31.2 Å². The summed E-state index contributed by atoms with van der Waals surface area (Å²) in [5, 5.41) is 8.94. The van der Waals surface area contributed by atoms with Crippen molar-refractivity contribution in [3.63, 3.8) is 0 Å². The van der Waals surface area contributed by atoms with E-state index < -0.39 is 23.4 Å². The summed E-state index contributed by atoms with van der Waals surface area (Å²) in [4.78, 5) is 25.4. The van der Waals surface area contributed by atoms with Crippen molar-refractivity contribution in [3.05, 3.63) is 76.1 Å². The van der Waals surface area contributed by atoms with Crippen LogP contribution in [0.5, 0.6) is 5.75 Å². The molecule has 2 heterocycles. The van der Waals surface area contributed by atoms with Crippen LogP contribution in [-0.2, 0) is 9.53 Å². The molecule has 0 aliphatic carbocycles. The predicted octanol–water partition coefficient (Wildman–Crippen LogP) is 3.47. The van der Waals surface area contributed by atoms with Crippen molar-refractivity contribution in [1.29, 1.82) is 5.41 Å². The average molecular weight is 363 g/mol. The Balaban J connectivity index is 2.02. The van der Waals surface area contributed by atoms with Crippen LogP contribution in [0.1, 0.15) is 24.0 Å². The maximum atomic E-state index is 12.8. The fourth-order valence-corrected chi connectivity index (χ4v) is 3.50. The Labute approximate surface area is 154 Å². The van der Waals surface area contributed by atoms with E-state index in [1.807, 2.05) is 30.3 Å². The Kier molecular flexibility index (Phi) is 4.24. The van der Waals surface area contributed by atoms with Crippen molar-refractivity contribution < 1.29 is 18.7 Å². The Bertz CT molecular complexity index is 1090. The molecule has 6 nitrogen and oxygen atoms in total. The molecule has 27 heavy (non-hydrogen) atoms. The van der Waals surface area contributed by atoms with Gasteiger partial charge in [0.05, 0.1) is 17.6 Å². The third kappa shape index (κ3) is 2.79. The van der Waals surface area contributed by atoms with Crippen LogP contribution >= 0.6 is 0 Å². The van der Waals surface area contributed by atoms with Gasteiger partial charge in [-0.05, 0) is 24.6 Å². The van der Waals surface area contributed by atoms with Crippen molar-refractivity contribution in [2.75, 3.05) is 6.61 Å². The summed E-state index contributed by atoms with van der Waals surface area (Å²) in [6, 6.07) is 16.1. The van der Waals surface area contributed by atoms with Crippen molar-refractivity contribution in [2.45, 2.75) is 12.8 Å². The highest BCUT2D eigenvalue weighted by atomic mass is 16.5. The molecule has 136 valence electrons. The van der Waals surface area contributed by atoms with Crippen LogP contribution in [0.4, 0.5) is 0 Å². The highest BCUT2D eigenvalue weighted by Gasteiger charge is 2.45. The molecule has 0 spiro atoms. The molecule has 0 bridgehead atoms. The van der Waals surface area contributed by atoms with E-state index in [9.17, 15) is 9.59 Å². The van der Waals surface area contributed by atoms with Gasteiger partial charge in [0, 0.05) is 5.92 Å². The SMILES string of the molecule is CCOC(=O)C1C(=N)Oc2c(c(=O)oc3ccccc23)C1c1ccccc1. The number of para-hydroxylation sites is 1. The Morgan fingerprint density at radius 2 is 1.81 bits per heavy atom. The first-order valence-electron chi connectivity index (χ1n) is 8.65. The summed E-state index contributed by atoms with van der Waals surface area (Å²) in [5.41, 5.74) is 0.733. The van der Waals surface area contributed by atoms with Crippen LogP contribution in [0.15, 0.2) is 63.8 Å². The van der Waals surface area contributed by atoms with Gasteiger partial charge in [-0.25, -0.2) is 4.79 Å². The summed E-state index contributed by atoms with van der Waals surface area (Å²) in [5.74, 6) is -2.35. The lowest BCUT2D eigenvalue weighted by molar-refractivity contribution is -0.146. The number of hydrogen-bond donors (Lipinski definition) is 1. The van der Waals surface area contributed by atoms with Gasteiger partial charge in [0.2, 0.25) is 5.90 Å². The summed E-state index contributed by atoms with van der Waals surface area (Å²) in [6.07, 6.45) is 0. The van der Waals surface area contributed by atoms with Gasteiger partial charge in [0.15, 0.2) is 5.75 Å². The maximum absolute atomic E-state index is 12.8. The molecule has 0 fully saturated rings. The van der Waals surface area contributed by atoms with Crippen LogP contribution in [0, 0.1) is 11.3 Å². The predicted molar refractivity (Wildman–Crippen MR) is 99.2 cm³/mol. The van der Waals surface area contributed by atoms with E-state index in [0.717, 1.165) is 0 Å². The molecule has 4 rings (SSSR count). The average Bonchev–Trinajstić information content (AvgIpc) is 2.68. The van der Waals surface area contributed by atoms with Gasteiger partial charge in [-0.1, -0.05) is 42.5 Å². The third-order valence-corrected chi connectivity index (χ3v) is 4.64. The minimum atomic E-state index is -1.05. The molecule has 0 amide bonds. The smallest absolute Gasteiger partial charge is 0.343 e. The molecule has 1 aliphatic rings. The number of benzene rings is 2. The van der Waals surface area contributed by atoms with Gasteiger partial charge in [-0.2, -0.15) is 0 Å². The van der Waals surface area contributed by atoms with E-state index in [4.69, 9.17) is 19.3 Å². The van der Waals surface area contributed by atoms with Crippen LogP contribution in [0.25, 0.3) is 11.0 Å². The molecular formula is C21H17NO5. The van der Waals surface area contributed by atoms with Crippen LogP contribution in [0.2, 0.25) is 0 Å². The third-order valence-electron chi connectivity index (χ3n) is 4.64. The summed E-state index contributed by atoms with van der Waals surface area (Å²) in [6.45, 7) is 1.86. The molecule has 0 radical (unpaired) electrons. The van der Waals surface area contributed by atoms with Gasteiger partial charge in [0.1, 0.15) is 11.5 Å². The zero-order valence-electron chi connectivity index (χ0n) is 14.6. The summed E-state index contributed by atoms with van der Waals surface area (Å²) >= 11 is 0. The van der Waals surface area contributed by atoms with E-state index >= 15 is 0 Å². The number of hydrogen-bond acceptors (Lipinski definition) is 6. The number of ether oxygens (including phenoxy) is 2. The standard InChI is InChI=1S/C21H17NO5/c1-2-25-20(23)17-15(12-8-4-3-5-9-12)16-18(27-19(17)22)13-10-6-7-11-14(13)26-21(16)24/h3-11,15,17,22H,2H2,1H3. The largest absolute Gasteiger partial charge is 0.465 e. The molecule has 6 heteroatoms. The number of rotatable bonds is 3. The molecular weight excluding hydrogens is 346 g/mol. The molecule has 0 saturated heterocycles. The van der Waals surface area contributed by atoms with Gasteiger partial charge in [0.25, 0.3) is 0 Å². The van der Waals surface area contributed by atoms with Crippen molar-refractivity contribution in [2.24, 2.45) is 5.92 Å². The van der Waals surface area contributed by atoms with Crippen molar-refractivity contribution in [1.82, 2.24) is 0 Å². The number of esters is 1. The number of fused-ring (bicyclic) bond motifs is 3. The second-order valence-electron chi connectivity index (χ2n) is 6.21. The molecule has 2 aromatic carbocycles. The molecule has 1 aromatic heterocycles. The fourth-order valence-electron chi connectivity index (χ4n) is 3.50. The number of carbonyl (C=O) groups is 1. The second-order valence-corrected chi connectivity index (χ2v) is 6.21. The van der Waals surface area contributed by atoms with E-state index in [-0.39, 0.29) is 23.8 Å². The van der Waals surface area contributed by atoms with Crippen molar-refractivity contribution in [3.8, 4) is 5.75 Å². The topological polar surface area (TPSA) is 89.6 Å². The van der Waals surface area contributed by atoms with E-state index in [2.05, 4.69) is 0 Å². The van der Waals surface area contributed by atoms with Crippen molar-refractivity contribution >= 4 is 22.8 Å². The molecule has 2 atom stereocenters. The lowest BCUT2D eigenvalue weighted by Gasteiger charge is -2.31. The number of nitrogens with one attached hydrogen (secondary N) is 1. The Morgan fingerprint density at radius 3 is 2.56 bits per heavy atom. The van der Waals surface area contributed by atoms with E-state index in [1.165, 1.54) is 0 Å². The van der Waals surface area contributed by atoms with Gasteiger partial charge < -0.3 is 13.9 Å². The van der Waals surface area contributed by atoms with Crippen LogP contribution < -0.4 is 10.4 Å². The highest BCUT2D eigenvalue weighted by molar-refractivity contribution is 6.02. The zero-order chi connectivity index (χ0) is 19.0. The Hall–Kier alpha value is -3.41. The minimum Gasteiger partial charge on any atom is -0.465 e. The monoisotopic (exact) mass is 363 g/mol. The lowest BCUT2D eigenvalue weighted by atomic mass is 9.78. The molecule has 2 unspecified atom stereocenters. The molecule has 1 N–H and O–H groups in total. The summed E-state index contributed by atoms with van der Waals surface area (Å²) in [7, 11) is 0. The second kappa shape index (κ2) is 6.72. The normalized spacial score (nSPS) is 18.6. The molecule has 3 aromatic rings. The first-order chi connectivity index (χ1) is 13.1. The van der Waals surface area contributed by atoms with Gasteiger partial charge >= 0.3 is 11.6 Å². The highest BCUT2D eigenvalue weighted by Crippen LogP contribution is 2.43. The zero-order valence-corrected chi connectivity index (χ0v) is 14.6. The summed E-state index contributed by atoms with van der Waals surface area (Å²) < 4.78 is 16.3. The fraction of sp³-hybridized carbons (Fsp3) is 0.190. The van der Waals surface area contributed by atoms with Gasteiger partial charge in [-0.15, -0.1) is 0 Å². The maximum Gasteiger partial charge on any atom is 0.343 e. The molecule has 0 saturated carbocycles. The lowest BCUT2D eigenvalue weighted by Crippen LogP contribution is -2.40. The quantitative estimate of drug-likeness (QED) is 0.568. The van der Waals surface area contributed by atoms with E-state index in [0.29, 0.717) is 16.5 Å².